The molecule has 2 fully saturated rings. The first-order valence-electron chi connectivity index (χ1n) is 10.1. The predicted molar refractivity (Wildman–Crippen MR) is 104 cm³/mol. The van der Waals surface area contributed by atoms with Crippen molar-refractivity contribution < 1.29 is 9.59 Å². The second-order valence-electron chi connectivity index (χ2n) is 7.90. The molecule has 144 valence electrons. The summed E-state index contributed by atoms with van der Waals surface area (Å²) >= 11 is 0. The molecule has 0 spiro atoms. The van der Waals surface area contributed by atoms with Gasteiger partial charge in [0, 0.05) is 51.8 Å². The third kappa shape index (κ3) is 4.31. The number of carbonyl (C=O) groups excluding carboxylic acids is 2. The maximum atomic E-state index is 12.4. The molecule has 3 atom stereocenters. The lowest BCUT2D eigenvalue weighted by Gasteiger charge is -2.35. The molecule has 2 heterocycles. The van der Waals surface area contributed by atoms with Gasteiger partial charge in [0.05, 0.1) is 0 Å². The number of nitrogens with zero attached hydrogens (tertiary/aromatic N) is 3. The topological polar surface area (TPSA) is 65.5 Å². The zero-order valence-electron chi connectivity index (χ0n) is 15.7. The molecular weight excluding hydrogens is 340 g/mol. The number of hydrogen-bond acceptors (Lipinski definition) is 4. The Bertz CT molecular complexity index is 697. The molecule has 6 heteroatoms. The average molecular weight is 368 g/mol. The van der Waals surface area contributed by atoms with Crippen molar-refractivity contribution in [1.82, 2.24) is 15.2 Å². The number of hydrogen-bond donors (Lipinski definition) is 1. The van der Waals surface area contributed by atoms with Crippen LogP contribution >= 0.6 is 0 Å². The van der Waals surface area contributed by atoms with E-state index in [1.165, 1.54) is 12.8 Å². The van der Waals surface area contributed by atoms with Crippen LogP contribution in [0.15, 0.2) is 36.5 Å². The molecule has 0 radical (unpaired) electrons. The van der Waals surface area contributed by atoms with Crippen LogP contribution in [-0.4, -0.2) is 54.4 Å². The average Bonchev–Trinajstić information content (AvgIpc) is 3.34. The summed E-state index contributed by atoms with van der Waals surface area (Å²) in [4.78, 5) is 33.0. The minimum Gasteiger partial charge on any atom is -0.356 e. The van der Waals surface area contributed by atoms with E-state index < -0.39 is 0 Å². The molecule has 0 aromatic carbocycles. The normalized spacial score (nSPS) is 26.4. The zero-order valence-corrected chi connectivity index (χ0v) is 15.7. The van der Waals surface area contributed by atoms with E-state index in [9.17, 15) is 9.59 Å². The number of aromatic nitrogens is 1. The van der Waals surface area contributed by atoms with Crippen LogP contribution in [0.2, 0.25) is 0 Å². The Balaban J connectivity index is 1.14. The summed E-state index contributed by atoms with van der Waals surface area (Å²) in [7, 11) is 0. The Morgan fingerprint density at radius 3 is 2.59 bits per heavy atom. The van der Waals surface area contributed by atoms with Crippen molar-refractivity contribution in [2.75, 3.05) is 37.6 Å². The van der Waals surface area contributed by atoms with Gasteiger partial charge < -0.3 is 15.1 Å². The lowest BCUT2D eigenvalue weighted by atomic mass is 9.93. The van der Waals surface area contributed by atoms with E-state index in [2.05, 4.69) is 27.4 Å². The largest absolute Gasteiger partial charge is 0.356 e. The summed E-state index contributed by atoms with van der Waals surface area (Å²) in [5.41, 5.74) is 0. The molecule has 0 unspecified atom stereocenters. The van der Waals surface area contributed by atoms with Gasteiger partial charge in [-0.3, -0.25) is 9.59 Å². The van der Waals surface area contributed by atoms with Gasteiger partial charge in [-0.15, -0.1) is 0 Å². The van der Waals surface area contributed by atoms with Gasteiger partial charge in [-0.1, -0.05) is 18.2 Å². The van der Waals surface area contributed by atoms with Gasteiger partial charge >= 0.3 is 0 Å². The van der Waals surface area contributed by atoms with E-state index in [0.29, 0.717) is 31.3 Å². The molecule has 1 aliphatic heterocycles. The van der Waals surface area contributed by atoms with Crippen LogP contribution in [0.1, 0.15) is 25.7 Å². The van der Waals surface area contributed by atoms with Gasteiger partial charge in [0.1, 0.15) is 5.82 Å². The maximum Gasteiger partial charge on any atom is 0.223 e. The molecule has 27 heavy (non-hydrogen) atoms. The van der Waals surface area contributed by atoms with Crippen LogP contribution in [-0.2, 0) is 9.59 Å². The number of rotatable bonds is 6. The first kappa shape index (κ1) is 18.0. The summed E-state index contributed by atoms with van der Waals surface area (Å²) in [6.07, 6.45) is 9.44. The van der Waals surface area contributed by atoms with Crippen LogP contribution in [0.3, 0.4) is 0 Å². The Hall–Kier alpha value is -2.37. The molecular formula is C21H28N4O2. The van der Waals surface area contributed by atoms with Crippen LogP contribution in [0.4, 0.5) is 5.82 Å². The smallest absolute Gasteiger partial charge is 0.223 e. The highest BCUT2D eigenvalue weighted by molar-refractivity contribution is 5.83. The Kier molecular flexibility index (Phi) is 5.41. The molecule has 1 saturated heterocycles. The summed E-state index contributed by atoms with van der Waals surface area (Å²) in [5.74, 6) is 2.99. The Morgan fingerprint density at radius 1 is 1.07 bits per heavy atom. The third-order valence-corrected chi connectivity index (χ3v) is 6.15. The zero-order chi connectivity index (χ0) is 18.6. The fraction of sp³-hybridized carbons (Fsp3) is 0.571. The predicted octanol–water partition coefficient (Wildman–Crippen LogP) is 1.84. The van der Waals surface area contributed by atoms with Gasteiger partial charge in [0.2, 0.25) is 11.8 Å². The van der Waals surface area contributed by atoms with Crippen LogP contribution in [0.5, 0.6) is 0 Å². The quantitative estimate of drug-likeness (QED) is 0.778. The van der Waals surface area contributed by atoms with E-state index in [1.807, 2.05) is 23.1 Å². The van der Waals surface area contributed by atoms with Crippen molar-refractivity contribution in [3.8, 4) is 0 Å². The van der Waals surface area contributed by atoms with Crippen molar-refractivity contribution in [3.63, 3.8) is 0 Å². The first-order valence-corrected chi connectivity index (χ1v) is 10.1. The van der Waals surface area contributed by atoms with Gasteiger partial charge in [0.15, 0.2) is 0 Å². The number of fused-ring (bicyclic) bond motifs is 2. The number of piperazine rings is 1. The van der Waals surface area contributed by atoms with E-state index in [1.54, 1.807) is 6.20 Å². The highest BCUT2D eigenvalue weighted by atomic mass is 16.2. The summed E-state index contributed by atoms with van der Waals surface area (Å²) in [5, 5.41) is 3.04. The Labute approximate surface area is 160 Å². The first-order chi connectivity index (χ1) is 13.2. The van der Waals surface area contributed by atoms with Crippen molar-refractivity contribution >= 4 is 17.6 Å². The van der Waals surface area contributed by atoms with Crippen LogP contribution in [0, 0.1) is 17.8 Å². The lowest BCUT2D eigenvalue weighted by molar-refractivity contribution is -0.133. The molecule has 4 rings (SSSR count). The van der Waals surface area contributed by atoms with Gasteiger partial charge in [-0.2, -0.15) is 0 Å². The van der Waals surface area contributed by atoms with E-state index in [4.69, 9.17) is 0 Å². The van der Waals surface area contributed by atoms with Crippen molar-refractivity contribution in [1.29, 1.82) is 0 Å². The van der Waals surface area contributed by atoms with E-state index in [0.717, 1.165) is 31.4 Å². The highest BCUT2D eigenvalue weighted by Crippen LogP contribution is 2.42. The molecule has 1 aromatic rings. The minimum atomic E-state index is 0.00206. The van der Waals surface area contributed by atoms with Crippen molar-refractivity contribution in [2.45, 2.75) is 25.7 Å². The number of amides is 2. The molecule has 2 amide bonds. The maximum absolute atomic E-state index is 12.4. The summed E-state index contributed by atoms with van der Waals surface area (Å²) in [6.45, 7) is 3.70. The third-order valence-electron chi connectivity index (χ3n) is 6.15. The van der Waals surface area contributed by atoms with E-state index >= 15 is 0 Å². The molecule has 3 aliphatic rings. The van der Waals surface area contributed by atoms with Crippen molar-refractivity contribution in [2.24, 2.45) is 17.8 Å². The van der Waals surface area contributed by atoms with Crippen molar-refractivity contribution in [3.05, 3.63) is 36.5 Å². The van der Waals surface area contributed by atoms with Gasteiger partial charge in [0.25, 0.3) is 0 Å². The second-order valence-corrected chi connectivity index (χ2v) is 7.90. The molecule has 2 bridgehead atoms. The second kappa shape index (κ2) is 8.11. The SMILES string of the molecule is O=C(CCC(=O)N1CCN(c2ccccn2)CC1)NC[C@H]1C[C@H]2C=C[C@H]1C2. The van der Waals surface area contributed by atoms with Gasteiger partial charge in [-0.25, -0.2) is 4.98 Å². The molecule has 2 aliphatic carbocycles. The number of pyridine rings is 1. The minimum absolute atomic E-state index is 0.00206. The van der Waals surface area contributed by atoms with Crippen LogP contribution < -0.4 is 10.2 Å². The van der Waals surface area contributed by atoms with Gasteiger partial charge in [-0.05, 0) is 42.7 Å². The monoisotopic (exact) mass is 368 g/mol. The fourth-order valence-electron chi connectivity index (χ4n) is 4.57. The molecule has 6 nitrogen and oxygen atoms in total. The number of nitrogens with one attached hydrogen (secondary N) is 1. The summed E-state index contributed by atoms with van der Waals surface area (Å²) in [6, 6.07) is 5.88. The Morgan fingerprint density at radius 2 is 1.93 bits per heavy atom. The molecule has 1 N–H and O–H groups in total. The van der Waals surface area contributed by atoms with E-state index in [-0.39, 0.29) is 18.2 Å². The number of anilines is 1. The number of allylic oxidation sites excluding steroid dienone is 2. The number of carbonyl (C=O) groups is 2. The standard InChI is InChI=1S/C21H28N4O2/c26-20(23-15-18-14-16-4-5-17(18)13-16)6-7-21(27)25-11-9-24(10-12-25)19-3-1-2-8-22-19/h1-5,8,16-18H,6-7,9-15H2,(H,23,26)/t16-,17-,18+/m0/s1. The molecule has 1 saturated carbocycles. The van der Waals surface area contributed by atoms with Crippen LogP contribution in [0.25, 0.3) is 0 Å². The molecule has 1 aromatic heterocycles. The summed E-state index contributed by atoms with van der Waals surface area (Å²) < 4.78 is 0. The lowest BCUT2D eigenvalue weighted by Crippen LogP contribution is -2.49. The fourth-order valence-corrected chi connectivity index (χ4v) is 4.57. The highest BCUT2D eigenvalue weighted by Gasteiger charge is 2.35.